The van der Waals surface area contributed by atoms with Crippen LogP contribution in [0.4, 0.5) is 0 Å². The Morgan fingerprint density at radius 3 is 2.85 bits per heavy atom. The molecule has 1 saturated heterocycles. The van der Waals surface area contributed by atoms with Crippen LogP contribution in [-0.2, 0) is 4.74 Å². The number of ether oxygens (including phenoxy) is 1. The van der Waals surface area contributed by atoms with Crippen LogP contribution in [0, 0.1) is 17.8 Å². The van der Waals surface area contributed by atoms with E-state index in [1.807, 2.05) is 7.11 Å². The Hall–Kier alpha value is -0.120. The van der Waals surface area contributed by atoms with Gasteiger partial charge in [0.15, 0.2) is 0 Å². The van der Waals surface area contributed by atoms with Gasteiger partial charge in [0.2, 0.25) is 0 Å². The predicted octanol–water partition coefficient (Wildman–Crippen LogP) is 2.76. The summed E-state index contributed by atoms with van der Waals surface area (Å²) >= 11 is 0. The molecule has 20 heavy (non-hydrogen) atoms. The van der Waals surface area contributed by atoms with Crippen molar-refractivity contribution in [2.75, 3.05) is 39.9 Å². The maximum Gasteiger partial charge on any atom is 0.0503 e. The van der Waals surface area contributed by atoms with Gasteiger partial charge in [0.05, 0.1) is 6.61 Å². The highest BCUT2D eigenvalue weighted by Gasteiger charge is 2.31. The van der Waals surface area contributed by atoms with Gasteiger partial charge in [0.25, 0.3) is 0 Å². The van der Waals surface area contributed by atoms with Gasteiger partial charge in [0, 0.05) is 26.2 Å². The SMILES string of the molecule is CCCNC1CCC(C)CC1CN1CCC(COC)C1. The lowest BCUT2D eigenvalue weighted by Gasteiger charge is -2.37. The summed E-state index contributed by atoms with van der Waals surface area (Å²) in [7, 11) is 1.83. The average Bonchev–Trinajstić information content (AvgIpc) is 2.86. The fourth-order valence-corrected chi connectivity index (χ4v) is 4.08. The molecule has 2 aliphatic rings. The molecule has 2 fully saturated rings. The highest BCUT2D eigenvalue weighted by Crippen LogP contribution is 2.31. The van der Waals surface area contributed by atoms with Gasteiger partial charge in [-0.2, -0.15) is 0 Å². The number of hydrogen-bond donors (Lipinski definition) is 1. The lowest BCUT2D eigenvalue weighted by Crippen LogP contribution is -2.45. The van der Waals surface area contributed by atoms with Gasteiger partial charge in [-0.25, -0.2) is 0 Å². The Labute approximate surface area is 125 Å². The van der Waals surface area contributed by atoms with Gasteiger partial charge in [0.1, 0.15) is 0 Å². The Morgan fingerprint density at radius 1 is 1.25 bits per heavy atom. The summed E-state index contributed by atoms with van der Waals surface area (Å²) in [6.07, 6.45) is 6.76. The normalized spacial score (nSPS) is 35.5. The van der Waals surface area contributed by atoms with Crippen LogP contribution in [-0.4, -0.2) is 50.8 Å². The second-order valence-corrected chi connectivity index (χ2v) is 7.11. The number of rotatable bonds is 7. The lowest BCUT2D eigenvalue weighted by molar-refractivity contribution is 0.137. The largest absolute Gasteiger partial charge is 0.384 e. The molecule has 1 aliphatic heterocycles. The molecule has 118 valence electrons. The zero-order chi connectivity index (χ0) is 14.4. The zero-order valence-corrected chi connectivity index (χ0v) is 13.7. The maximum absolute atomic E-state index is 5.32. The molecule has 0 aromatic rings. The first-order valence-electron chi connectivity index (χ1n) is 8.67. The van der Waals surface area contributed by atoms with E-state index in [9.17, 15) is 0 Å². The fraction of sp³-hybridized carbons (Fsp3) is 1.00. The van der Waals surface area contributed by atoms with Gasteiger partial charge in [-0.05, 0) is 62.9 Å². The van der Waals surface area contributed by atoms with E-state index in [1.165, 1.54) is 58.3 Å². The van der Waals surface area contributed by atoms with Crippen molar-refractivity contribution in [1.29, 1.82) is 0 Å². The van der Waals surface area contributed by atoms with Gasteiger partial charge in [-0.15, -0.1) is 0 Å². The molecule has 4 atom stereocenters. The number of methoxy groups -OCH3 is 1. The van der Waals surface area contributed by atoms with Gasteiger partial charge in [-0.3, -0.25) is 0 Å². The molecule has 1 aliphatic carbocycles. The Kier molecular flexibility index (Phi) is 6.79. The summed E-state index contributed by atoms with van der Waals surface area (Å²) in [5.41, 5.74) is 0. The summed E-state index contributed by atoms with van der Waals surface area (Å²) in [5.74, 6) is 2.53. The fourth-order valence-electron chi connectivity index (χ4n) is 4.08. The van der Waals surface area contributed by atoms with Crippen molar-refractivity contribution >= 4 is 0 Å². The third-order valence-electron chi connectivity index (χ3n) is 5.17. The minimum absolute atomic E-state index is 0.757. The highest BCUT2D eigenvalue weighted by molar-refractivity contribution is 4.87. The average molecular weight is 282 g/mol. The molecule has 0 aromatic carbocycles. The Morgan fingerprint density at radius 2 is 2.10 bits per heavy atom. The molecule has 3 nitrogen and oxygen atoms in total. The molecule has 4 unspecified atom stereocenters. The van der Waals surface area contributed by atoms with E-state index >= 15 is 0 Å². The number of hydrogen-bond acceptors (Lipinski definition) is 3. The third kappa shape index (κ3) is 4.71. The molecule has 1 heterocycles. The zero-order valence-electron chi connectivity index (χ0n) is 13.7. The molecule has 0 radical (unpaired) electrons. The summed E-state index contributed by atoms with van der Waals surface area (Å²) in [6.45, 7) is 10.6. The molecule has 3 heteroatoms. The van der Waals surface area contributed by atoms with Crippen LogP contribution in [0.1, 0.15) is 46.0 Å². The van der Waals surface area contributed by atoms with E-state index < -0.39 is 0 Å². The van der Waals surface area contributed by atoms with Crippen molar-refractivity contribution in [3.63, 3.8) is 0 Å². The molecule has 0 amide bonds. The van der Waals surface area contributed by atoms with E-state index in [1.54, 1.807) is 0 Å². The van der Waals surface area contributed by atoms with Crippen LogP contribution in [0.5, 0.6) is 0 Å². The standard InChI is InChI=1S/C17H34N2O/c1-4-8-18-17-6-5-14(2)10-16(17)12-19-9-7-15(11-19)13-20-3/h14-18H,4-13H2,1-3H3. The second kappa shape index (κ2) is 8.35. The summed E-state index contributed by atoms with van der Waals surface area (Å²) in [5, 5.41) is 3.80. The van der Waals surface area contributed by atoms with Crippen molar-refractivity contribution in [1.82, 2.24) is 10.2 Å². The van der Waals surface area contributed by atoms with E-state index in [4.69, 9.17) is 4.74 Å². The van der Waals surface area contributed by atoms with Crippen LogP contribution >= 0.6 is 0 Å². The van der Waals surface area contributed by atoms with Crippen LogP contribution in [0.3, 0.4) is 0 Å². The molecular formula is C17H34N2O. The first-order valence-corrected chi connectivity index (χ1v) is 8.67. The van der Waals surface area contributed by atoms with E-state index in [0.29, 0.717) is 0 Å². The predicted molar refractivity (Wildman–Crippen MR) is 85.0 cm³/mol. The minimum atomic E-state index is 0.757. The Bertz CT molecular complexity index is 270. The molecule has 0 aromatic heterocycles. The summed E-state index contributed by atoms with van der Waals surface area (Å²) < 4.78 is 5.32. The van der Waals surface area contributed by atoms with Crippen molar-refractivity contribution in [2.24, 2.45) is 17.8 Å². The minimum Gasteiger partial charge on any atom is -0.384 e. The van der Waals surface area contributed by atoms with Crippen molar-refractivity contribution < 1.29 is 4.74 Å². The van der Waals surface area contributed by atoms with Crippen LogP contribution in [0.25, 0.3) is 0 Å². The van der Waals surface area contributed by atoms with E-state index in [-0.39, 0.29) is 0 Å². The smallest absolute Gasteiger partial charge is 0.0503 e. The molecule has 0 bridgehead atoms. The van der Waals surface area contributed by atoms with E-state index in [2.05, 4.69) is 24.1 Å². The van der Waals surface area contributed by atoms with E-state index in [0.717, 1.165) is 30.4 Å². The van der Waals surface area contributed by atoms with Crippen LogP contribution in [0.2, 0.25) is 0 Å². The van der Waals surface area contributed by atoms with Crippen molar-refractivity contribution in [2.45, 2.75) is 52.0 Å². The molecule has 2 rings (SSSR count). The van der Waals surface area contributed by atoms with Gasteiger partial charge in [-0.1, -0.05) is 13.8 Å². The first kappa shape index (κ1) is 16.3. The quantitative estimate of drug-likeness (QED) is 0.777. The monoisotopic (exact) mass is 282 g/mol. The van der Waals surface area contributed by atoms with Gasteiger partial charge < -0.3 is 15.0 Å². The third-order valence-corrected chi connectivity index (χ3v) is 5.17. The molecule has 1 N–H and O–H groups in total. The molecule has 1 saturated carbocycles. The number of nitrogens with zero attached hydrogens (tertiary/aromatic N) is 1. The number of likely N-dealkylation sites (tertiary alicyclic amines) is 1. The first-order chi connectivity index (χ1) is 9.72. The summed E-state index contributed by atoms with van der Waals surface area (Å²) in [6, 6.07) is 0.757. The van der Waals surface area contributed by atoms with Crippen LogP contribution < -0.4 is 5.32 Å². The van der Waals surface area contributed by atoms with Crippen molar-refractivity contribution in [3.8, 4) is 0 Å². The maximum atomic E-state index is 5.32. The second-order valence-electron chi connectivity index (χ2n) is 7.11. The lowest BCUT2D eigenvalue weighted by atomic mass is 9.78. The Balaban J connectivity index is 1.81. The summed E-state index contributed by atoms with van der Waals surface area (Å²) in [4.78, 5) is 2.69. The van der Waals surface area contributed by atoms with Gasteiger partial charge >= 0.3 is 0 Å². The van der Waals surface area contributed by atoms with Crippen molar-refractivity contribution in [3.05, 3.63) is 0 Å². The highest BCUT2D eigenvalue weighted by atomic mass is 16.5. The molecule has 0 spiro atoms. The number of nitrogens with one attached hydrogen (secondary N) is 1. The topological polar surface area (TPSA) is 24.5 Å². The van der Waals surface area contributed by atoms with Crippen LogP contribution in [0.15, 0.2) is 0 Å². The molecular weight excluding hydrogens is 248 g/mol.